The quantitative estimate of drug-likeness (QED) is 0.254. The van der Waals surface area contributed by atoms with Crippen LogP contribution >= 0.6 is 34.5 Å². The van der Waals surface area contributed by atoms with Crippen LogP contribution in [0.1, 0.15) is 17.3 Å². The van der Waals surface area contributed by atoms with E-state index in [1.54, 1.807) is 11.4 Å². The molecule has 0 aliphatic carbocycles. The Morgan fingerprint density at radius 2 is 1.69 bits per heavy atom. The Labute approximate surface area is 240 Å². The number of fused-ring (bicyclic) bond motifs is 1. The van der Waals surface area contributed by atoms with Gasteiger partial charge in [0.1, 0.15) is 27.9 Å². The van der Waals surface area contributed by atoms with Crippen molar-refractivity contribution in [3.63, 3.8) is 0 Å². The number of amides is 1. The van der Waals surface area contributed by atoms with E-state index in [2.05, 4.69) is 49.5 Å². The number of thiophene rings is 1. The van der Waals surface area contributed by atoms with Gasteiger partial charge in [-0.25, -0.2) is 9.97 Å². The molecule has 1 amide bonds. The predicted molar refractivity (Wildman–Crippen MR) is 159 cm³/mol. The molecule has 0 radical (unpaired) electrons. The van der Waals surface area contributed by atoms with Crippen molar-refractivity contribution in [3.8, 4) is 11.5 Å². The molecular formula is C27H28Cl2N6O3S. The van der Waals surface area contributed by atoms with E-state index in [1.165, 1.54) is 37.6 Å². The third kappa shape index (κ3) is 5.56. The number of piperazine rings is 1. The Morgan fingerprint density at radius 3 is 2.31 bits per heavy atom. The zero-order chi connectivity index (χ0) is 27.5. The minimum Gasteiger partial charge on any atom is -0.495 e. The van der Waals surface area contributed by atoms with E-state index in [1.807, 2.05) is 12.1 Å². The smallest absolute Gasteiger partial charge is 0.258 e. The fourth-order valence-corrected chi connectivity index (χ4v) is 6.03. The van der Waals surface area contributed by atoms with Crippen LogP contribution < -0.4 is 25.0 Å². The average molecular weight is 588 g/mol. The Hall–Kier alpha value is -3.31. The molecule has 12 heteroatoms. The highest BCUT2D eigenvalue weighted by Gasteiger charge is 2.23. The lowest BCUT2D eigenvalue weighted by atomic mass is 10.2. The molecule has 0 saturated carbocycles. The van der Waals surface area contributed by atoms with Crippen LogP contribution in [0.3, 0.4) is 0 Å². The summed E-state index contributed by atoms with van der Waals surface area (Å²) in [5, 5.41) is 8.23. The molecule has 1 saturated heterocycles. The van der Waals surface area contributed by atoms with Gasteiger partial charge in [0, 0.05) is 49.0 Å². The Balaban J connectivity index is 1.35. The summed E-state index contributed by atoms with van der Waals surface area (Å²) in [6, 6.07) is 9.87. The van der Waals surface area contributed by atoms with Gasteiger partial charge in [-0.05, 0) is 30.8 Å². The second-order valence-electron chi connectivity index (χ2n) is 8.88. The summed E-state index contributed by atoms with van der Waals surface area (Å²) in [7, 11) is 2.94. The number of anilines is 4. The van der Waals surface area contributed by atoms with Crippen LogP contribution in [0.2, 0.25) is 10.0 Å². The maximum Gasteiger partial charge on any atom is 0.258 e. The second kappa shape index (κ2) is 11.8. The number of aromatic nitrogens is 2. The number of hydrogen-bond donors (Lipinski definition) is 2. The number of nitrogens with zero attached hydrogens (tertiary/aromatic N) is 4. The number of halogens is 2. The number of methoxy groups -OCH3 is 2. The van der Waals surface area contributed by atoms with Crippen molar-refractivity contribution in [3.05, 3.63) is 57.6 Å². The van der Waals surface area contributed by atoms with Gasteiger partial charge in [-0.2, -0.15) is 0 Å². The van der Waals surface area contributed by atoms with Gasteiger partial charge in [0.2, 0.25) is 0 Å². The molecule has 9 nitrogen and oxygen atoms in total. The summed E-state index contributed by atoms with van der Waals surface area (Å²) < 4.78 is 11.3. The molecule has 0 unspecified atom stereocenters. The SMILES string of the molecule is CCN1CCN(c2ccc(Nc3ncnc4c(C(=O)Nc5c(Cl)c(OC)cc(OC)c5Cl)csc34)cc2)CC1. The average Bonchev–Trinajstić information content (AvgIpc) is 3.41. The molecule has 1 fully saturated rings. The standard InChI is InChI=1S/C27H28Cl2N6O3S/c1-4-34-9-11-35(12-10-34)17-7-5-16(6-8-17)32-26-25-23(30-15-31-26)18(14-39-25)27(36)33-24-21(28)19(37-2)13-20(38-3)22(24)29/h5-8,13-15H,4,9-12H2,1-3H3,(H,33,36)(H,30,31,32). The molecule has 2 N–H and O–H groups in total. The third-order valence-corrected chi connectivity index (χ3v) is 8.45. The molecule has 0 bridgehead atoms. The summed E-state index contributed by atoms with van der Waals surface area (Å²) in [6.45, 7) is 7.49. The zero-order valence-electron chi connectivity index (χ0n) is 21.8. The lowest BCUT2D eigenvalue weighted by Gasteiger charge is -2.35. The first-order valence-corrected chi connectivity index (χ1v) is 14.0. The van der Waals surface area contributed by atoms with Crippen LogP contribution in [0.5, 0.6) is 11.5 Å². The number of nitrogens with one attached hydrogen (secondary N) is 2. The third-order valence-electron chi connectivity index (χ3n) is 6.73. The maximum atomic E-state index is 13.3. The maximum absolute atomic E-state index is 13.3. The first-order valence-electron chi connectivity index (χ1n) is 12.4. The molecule has 1 aliphatic heterocycles. The lowest BCUT2D eigenvalue weighted by Crippen LogP contribution is -2.46. The zero-order valence-corrected chi connectivity index (χ0v) is 24.1. The van der Waals surface area contributed by atoms with Crippen LogP contribution in [0.25, 0.3) is 10.2 Å². The highest BCUT2D eigenvalue weighted by atomic mass is 35.5. The molecule has 0 atom stereocenters. The Bertz CT molecular complexity index is 1460. The molecule has 204 valence electrons. The first-order chi connectivity index (χ1) is 18.9. The number of likely N-dealkylation sites (N-methyl/N-ethyl adjacent to an activating group) is 1. The van der Waals surface area contributed by atoms with E-state index in [0.717, 1.165) is 43.1 Å². The molecule has 5 rings (SSSR count). The molecule has 4 aromatic rings. The summed E-state index contributed by atoms with van der Waals surface area (Å²) in [5.41, 5.74) is 3.18. The fourth-order valence-electron chi connectivity index (χ4n) is 4.49. The number of rotatable bonds is 8. The van der Waals surface area contributed by atoms with E-state index in [9.17, 15) is 4.79 Å². The van der Waals surface area contributed by atoms with Gasteiger partial charge in [-0.15, -0.1) is 11.3 Å². The van der Waals surface area contributed by atoms with E-state index in [0.29, 0.717) is 28.4 Å². The summed E-state index contributed by atoms with van der Waals surface area (Å²) >= 11 is 14.3. The van der Waals surface area contributed by atoms with E-state index >= 15 is 0 Å². The molecule has 1 aliphatic rings. The van der Waals surface area contributed by atoms with Crippen molar-refractivity contribution in [1.29, 1.82) is 0 Å². The monoisotopic (exact) mass is 586 g/mol. The number of benzene rings is 2. The Kier molecular flexibility index (Phi) is 8.27. The van der Waals surface area contributed by atoms with Gasteiger partial charge in [0.15, 0.2) is 5.82 Å². The van der Waals surface area contributed by atoms with E-state index in [4.69, 9.17) is 32.7 Å². The number of hydrogen-bond acceptors (Lipinski definition) is 9. The van der Waals surface area contributed by atoms with Gasteiger partial charge in [0.25, 0.3) is 5.91 Å². The van der Waals surface area contributed by atoms with Crippen molar-refractivity contribution in [2.45, 2.75) is 6.92 Å². The molecule has 39 heavy (non-hydrogen) atoms. The van der Waals surface area contributed by atoms with Crippen molar-refractivity contribution in [1.82, 2.24) is 14.9 Å². The first kappa shape index (κ1) is 27.3. The van der Waals surface area contributed by atoms with Gasteiger partial charge in [-0.3, -0.25) is 4.79 Å². The van der Waals surface area contributed by atoms with Crippen molar-refractivity contribution >= 4 is 73.5 Å². The molecule has 3 heterocycles. The molecule has 2 aromatic carbocycles. The van der Waals surface area contributed by atoms with Gasteiger partial charge < -0.3 is 29.9 Å². The van der Waals surface area contributed by atoms with E-state index < -0.39 is 5.91 Å². The van der Waals surface area contributed by atoms with Crippen LogP contribution in [0, 0.1) is 0 Å². The van der Waals surface area contributed by atoms with Gasteiger partial charge in [0.05, 0.1) is 35.7 Å². The summed E-state index contributed by atoms with van der Waals surface area (Å²) in [6.07, 6.45) is 1.43. The second-order valence-corrected chi connectivity index (χ2v) is 10.5. The predicted octanol–water partition coefficient (Wildman–Crippen LogP) is 6.15. The minimum atomic E-state index is -0.419. The number of carbonyl (C=O) groups is 1. The minimum absolute atomic E-state index is 0.170. The van der Waals surface area contributed by atoms with Crippen molar-refractivity contribution in [2.24, 2.45) is 0 Å². The normalized spacial score (nSPS) is 13.9. The van der Waals surface area contributed by atoms with Crippen molar-refractivity contribution in [2.75, 3.05) is 62.5 Å². The molecular weight excluding hydrogens is 559 g/mol. The highest BCUT2D eigenvalue weighted by Crippen LogP contribution is 2.44. The summed E-state index contributed by atoms with van der Waals surface area (Å²) in [5.74, 6) is 0.850. The van der Waals surface area contributed by atoms with Crippen LogP contribution in [0.4, 0.5) is 22.9 Å². The van der Waals surface area contributed by atoms with Crippen molar-refractivity contribution < 1.29 is 14.3 Å². The summed E-state index contributed by atoms with van der Waals surface area (Å²) in [4.78, 5) is 27.0. The Morgan fingerprint density at radius 1 is 1.03 bits per heavy atom. The topological polar surface area (TPSA) is 91.9 Å². The number of carbonyl (C=O) groups excluding carboxylic acids is 1. The van der Waals surface area contributed by atoms with Gasteiger partial charge >= 0.3 is 0 Å². The fraction of sp³-hybridized carbons (Fsp3) is 0.296. The van der Waals surface area contributed by atoms with Crippen LogP contribution in [-0.2, 0) is 0 Å². The number of ether oxygens (including phenoxy) is 2. The van der Waals surface area contributed by atoms with Crippen LogP contribution in [0.15, 0.2) is 42.0 Å². The highest BCUT2D eigenvalue weighted by molar-refractivity contribution is 7.18. The van der Waals surface area contributed by atoms with E-state index in [-0.39, 0.29) is 15.7 Å². The molecule has 2 aromatic heterocycles. The molecule has 0 spiro atoms. The van der Waals surface area contributed by atoms with Crippen LogP contribution in [-0.4, -0.2) is 67.7 Å². The van der Waals surface area contributed by atoms with Gasteiger partial charge in [-0.1, -0.05) is 30.1 Å². The lowest BCUT2D eigenvalue weighted by molar-refractivity contribution is 0.102. The largest absolute Gasteiger partial charge is 0.495 e.